The van der Waals surface area contributed by atoms with Crippen molar-refractivity contribution < 1.29 is 4.57 Å². The molecule has 0 saturated carbocycles. The van der Waals surface area contributed by atoms with Crippen molar-refractivity contribution in [2.45, 2.75) is 233 Å². The molecule has 1 heterocycles. The maximum atomic E-state index is 2.62. The summed E-state index contributed by atoms with van der Waals surface area (Å²) in [5.41, 5.74) is 0. The number of hydrogen-bond donors (Lipinski definition) is 0. The zero-order valence-corrected chi connectivity index (χ0v) is 28.9. The van der Waals surface area contributed by atoms with Crippen molar-refractivity contribution in [2.24, 2.45) is 0 Å². The number of aryl methyl sites for hydroxylation is 2. The van der Waals surface area contributed by atoms with Crippen LogP contribution in [-0.4, -0.2) is 4.57 Å². The van der Waals surface area contributed by atoms with Crippen molar-refractivity contribution in [3.8, 4) is 0 Å². The lowest BCUT2D eigenvalue weighted by molar-refractivity contribution is -0.704. The van der Waals surface area contributed by atoms with Crippen molar-refractivity contribution in [1.29, 1.82) is 0 Å². The van der Waals surface area contributed by atoms with E-state index >= 15 is 0 Å². The van der Waals surface area contributed by atoms with Gasteiger partial charge in [-0.05, 0) is 32.1 Å². The third kappa shape index (κ3) is 23.4. The zero-order valence-electron chi connectivity index (χ0n) is 28.9. The molecule has 0 aliphatic heterocycles. The SMILES string of the molecule is CCCCCCCCCCCCCCCCCC[n+]1ccn(CCCCC)c1CCCCCCCCCCCCC. The van der Waals surface area contributed by atoms with Gasteiger partial charge in [0.25, 0.3) is 5.82 Å². The molecular weight excluding hydrogens is 496 g/mol. The van der Waals surface area contributed by atoms with Gasteiger partial charge in [0.15, 0.2) is 0 Å². The van der Waals surface area contributed by atoms with Crippen LogP contribution in [0.4, 0.5) is 0 Å². The maximum absolute atomic E-state index is 2.62. The van der Waals surface area contributed by atoms with E-state index in [0.29, 0.717) is 0 Å². The average molecular weight is 574 g/mol. The lowest BCUT2D eigenvalue weighted by atomic mass is 10.0. The molecule has 0 radical (unpaired) electrons. The van der Waals surface area contributed by atoms with Crippen molar-refractivity contribution in [3.05, 3.63) is 18.2 Å². The topological polar surface area (TPSA) is 8.81 Å². The van der Waals surface area contributed by atoms with E-state index in [1.165, 1.54) is 212 Å². The second kappa shape index (κ2) is 30.7. The fourth-order valence-corrected chi connectivity index (χ4v) is 6.50. The van der Waals surface area contributed by atoms with Crippen LogP contribution < -0.4 is 4.57 Å². The molecule has 0 unspecified atom stereocenters. The Labute approximate surface area is 259 Å². The minimum atomic E-state index is 1.22. The molecule has 0 spiro atoms. The Kier molecular flexibility index (Phi) is 28.6. The van der Waals surface area contributed by atoms with Gasteiger partial charge in [-0.15, -0.1) is 0 Å². The molecule has 0 aromatic carbocycles. The monoisotopic (exact) mass is 574 g/mol. The van der Waals surface area contributed by atoms with Crippen LogP contribution in [0, 0.1) is 0 Å². The summed E-state index contributed by atoms with van der Waals surface area (Å²) < 4.78 is 5.21. The van der Waals surface area contributed by atoms with Gasteiger partial charge in [-0.2, -0.15) is 0 Å². The van der Waals surface area contributed by atoms with Gasteiger partial charge in [0.05, 0.1) is 13.1 Å². The van der Waals surface area contributed by atoms with Crippen molar-refractivity contribution in [2.75, 3.05) is 0 Å². The van der Waals surface area contributed by atoms with Crippen LogP contribution in [-0.2, 0) is 19.5 Å². The molecule has 2 nitrogen and oxygen atoms in total. The molecule has 1 aromatic heterocycles. The van der Waals surface area contributed by atoms with Gasteiger partial charge in [-0.1, -0.05) is 181 Å². The lowest BCUT2D eigenvalue weighted by Crippen LogP contribution is -2.37. The predicted molar refractivity (Wildman–Crippen MR) is 184 cm³/mol. The molecule has 0 N–H and O–H groups in total. The summed E-state index contributed by atoms with van der Waals surface area (Å²) in [6, 6.07) is 0. The van der Waals surface area contributed by atoms with E-state index in [1.807, 2.05) is 0 Å². The number of imidazole rings is 1. The van der Waals surface area contributed by atoms with Crippen LogP contribution in [0.3, 0.4) is 0 Å². The normalized spacial score (nSPS) is 11.6. The zero-order chi connectivity index (χ0) is 29.5. The van der Waals surface area contributed by atoms with Crippen LogP contribution >= 0.6 is 0 Å². The van der Waals surface area contributed by atoms with Crippen LogP contribution in [0.5, 0.6) is 0 Å². The summed E-state index contributed by atoms with van der Waals surface area (Å²) in [6.07, 6.45) is 49.0. The van der Waals surface area contributed by atoms with E-state index in [4.69, 9.17) is 0 Å². The second-order valence-electron chi connectivity index (χ2n) is 13.4. The molecule has 242 valence electrons. The van der Waals surface area contributed by atoms with Crippen LogP contribution in [0.25, 0.3) is 0 Å². The van der Waals surface area contributed by atoms with Crippen molar-refractivity contribution in [1.82, 2.24) is 4.57 Å². The first-order valence-electron chi connectivity index (χ1n) is 19.4. The molecule has 0 aliphatic rings. The third-order valence-electron chi connectivity index (χ3n) is 9.35. The molecule has 0 aliphatic carbocycles. The van der Waals surface area contributed by atoms with E-state index in [-0.39, 0.29) is 0 Å². The lowest BCUT2D eigenvalue weighted by Gasteiger charge is -2.07. The van der Waals surface area contributed by atoms with E-state index in [9.17, 15) is 0 Å². The summed E-state index contributed by atoms with van der Waals surface area (Å²) in [4.78, 5) is 0. The molecule has 1 rings (SSSR count). The van der Waals surface area contributed by atoms with Gasteiger partial charge in [0.1, 0.15) is 12.4 Å². The molecular formula is C39H77N2+. The van der Waals surface area contributed by atoms with Gasteiger partial charge < -0.3 is 0 Å². The Hall–Kier alpha value is -0.790. The number of unbranched alkanes of at least 4 members (excludes halogenated alkanes) is 27. The van der Waals surface area contributed by atoms with Crippen LogP contribution in [0.2, 0.25) is 0 Å². The smallest absolute Gasteiger partial charge is 0.234 e. The molecule has 0 fully saturated rings. The van der Waals surface area contributed by atoms with Gasteiger partial charge in [0.2, 0.25) is 0 Å². The maximum Gasteiger partial charge on any atom is 0.256 e. The highest BCUT2D eigenvalue weighted by molar-refractivity contribution is 4.84. The highest BCUT2D eigenvalue weighted by Crippen LogP contribution is 2.15. The number of hydrogen-bond acceptors (Lipinski definition) is 0. The van der Waals surface area contributed by atoms with Gasteiger partial charge >= 0.3 is 0 Å². The highest BCUT2D eigenvalue weighted by atomic mass is 15.1. The van der Waals surface area contributed by atoms with Crippen molar-refractivity contribution >= 4 is 0 Å². The van der Waals surface area contributed by atoms with Gasteiger partial charge in [0, 0.05) is 6.42 Å². The predicted octanol–water partition coefficient (Wildman–Crippen LogP) is 13.1. The minimum absolute atomic E-state index is 1.22. The Bertz CT molecular complexity index is 634. The molecule has 1 aromatic rings. The fraction of sp³-hybridized carbons (Fsp3) is 0.923. The number of nitrogens with zero attached hydrogens (tertiary/aromatic N) is 2. The van der Waals surface area contributed by atoms with Crippen molar-refractivity contribution in [3.63, 3.8) is 0 Å². The molecule has 0 bridgehead atoms. The summed E-state index contributed by atoms with van der Waals surface area (Å²) in [6.45, 7) is 9.38. The Morgan fingerprint density at radius 2 is 0.756 bits per heavy atom. The molecule has 2 heteroatoms. The van der Waals surface area contributed by atoms with Gasteiger partial charge in [-0.25, -0.2) is 9.13 Å². The van der Waals surface area contributed by atoms with E-state index in [2.05, 4.69) is 42.3 Å². The average Bonchev–Trinajstić information content (AvgIpc) is 3.36. The summed E-state index contributed by atoms with van der Waals surface area (Å²) in [5.74, 6) is 1.61. The quantitative estimate of drug-likeness (QED) is 0.0584. The first-order valence-corrected chi connectivity index (χ1v) is 19.4. The molecule has 0 atom stereocenters. The molecule has 0 amide bonds. The molecule has 41 heavy (non-hydrogen) atoms. The van der Waals surface area contributed by atoms with E-state index in [1.54, 1.807) is 5.82 Å². The van der Waals surface area contributed by atoms with Gasteiger partial charge in [-0.3, -0.25) is 0 Å². The number of rotatable bonds is 33. The summed E-state index contributed by atoms with van der Waals surface area (Å²) in [5, 5.41) is 0. The second-order valence-corrected chi connectivity index (χ2v) is 13.4. The largest absolute Gasteiger partial charge is 0.256 e. The first-order chi connectivity index (χ1) is 20.3. The van der Waals surface area contributed by atoms with E-state index < -0.39 is 0 Å². The van der Waals surface area contributed by atoms with Crippen LogP contribution in [0.1, 0.15) is 219 Å². The fourth-order valence-electron chi connectivity index (χ4n) is 6.50. The Balaban J connectivity index is 2.12. The molecule has 0 saturated heterocycles. The first kappa shape index (κ1) is 38.2. The standard InChI is InChI=1S/C39H77N2/c1-4-7-10-12-14-16-18-19-20-21-22-24-26-28-30-33-36-41-38-37-40(35-32-9-6-3)39(41)34-31-29-27-25-23-17-15-13-11-8-5-2/h37-38H,4-36H2,1-3H3/q+1. The summed E-state index contributed by atoms with van der Waals surface area (Å²) >= 11 is 0. The Morgan fingerprint density at radius 1 is 0.415 bits per heavy atom. The number of aromatic nitrogens is 2. The third-order valence-corrected chi connectivity index (χ3v) is 9.35. The highest BCUT2D eigenvalue weighted by Gasteiger charge is 2.16. The Morgan fingerprint density at radius 3 is 1.17 bits per heavy atom. The van der Waals surface area contributed by atoms with E-state index in [0.717, 1.165) is 0 Å². The van der Waals surface area contributed by atoms with Crippen LogP contribution in [0.15, 0.2) is 12.4 Å². The summed E-state index contributed by atoms with van der Waals surface area (Å²) in [7, 11) is 0. The minimum Gasteiger partial charge on any atom is -0.234 e.